The first kappa shape index (κ1) is 18.3. The number of fused-ring (bicyclic) bond motifs is 4. The molecule has 1 unspecified atom stereocenters. The van der Waals surface area contributed by atoms with E-state index in [1.165, 1.54) is 16.8 Å². The molecule has 2 N–H and O–H groups in total. The molecule has 1 saturated heterocycles. The molecule has 5 nitrogen and oxygen atoms in total. The molecule has 3 aromatic rings. The second-order valence-corrected chi connectivity index (χ2v) is 8.21. The van der Waals surface area contributed by atoms with Crippen molar-refractivity contribution in [3.63, 3.8) is 0 Å². The van der Waals surface area contributed by atoms with E-state index in [9.17, 15) is 4.79 Å². The molecular formula is C24H28N4O. The lowest BCUT2D eigenvalue weighted by Crippen LogP contribution is -2.41. The van der Waals surface area contributed by atoms with E-state index in [-0.39, 0.29) is 5.91 Å². The van der Waals surface area contributed by atoms with Crippen LogP contribution in [-0.4, -0.2) is 47.6 Å². The molecule has 0 spiro atoms. The number of amides is 1. The second kappa shape index (κ2) is 7.56. The first-order chi connectivity index (χ1) is 14.2. The number of rotatable bonds is 4. The zero-order valence-electron chi connectivity index (χ0n) is 16.8. The standard InChI is InChI=1S/C24H28N4O/c25-10-3-11-26-14-9-19-15-20(7-8-22(19)26)24(29)27-12-4-13-28-21(17-27)16-18-5-1-2-6-23(18)28/h1-2,5-9,14-15,21H,3-4,10-13,16-17,25H2. The van der Waals surface area contributed by atoms with E-state index in [0.717, 1.165) is 56.4 Å². The third kappa shape index (κ3) is 3.29. The first-order valence-electron chi connectivity index (χ1n) is 10.7. The highest BCUT2D eigenvalue weighted by atomic mass is 16.2. The molecule has 1 fully saturated rings. The van der Waals surface area contributed by atoms with Gasteiger partial charge in [-0.3, -0.25) is 4.79 Å². The van der Waals surface area contributed by atoms with Gasteiger partial charge in [0.15, 0.2) is 0 Å². The third-order valence-electron chi connectivity index (χ3n) is 6.36. The van der Waals surface area contributed by atoms with Crippen LogP contribution in [0.4, 0.5) is 5.69 Å². The van der Waals surface area contributed by atoms with Crippen LogP contribution in [0.15, 0.2) is 54.7 Å². The Labute approximate surface area is 171 Å². The summed E-state index contributed by atoms with van der Waals surface area (Å²) in [4.78, 5) is 17.9. The van der Waals surface area contributed by atoms with Crippen LogP contribution in [0.25, 0.3) is 10.9 Å². The number of nitrogens with zero attached hydrogens (tertiary/aromatic N) is 3. The van der Waals surface area contributed by atoms with Gasteiger partial charge in [0.05, 0.1) is 6.04 Å². The normalized spacial score (nSPS) is 18.6. The Morgan fingerprint density at radius 1 is 1.10 bits per heavy atom. The lowest BCUT2D eigenvalue weighted by atomic mass is 10.1. The van der Waals surface area contributed by atoms with Crippen molar-refractivity contribution < 1.29 is 4.79 Å². The summed E-state index contributed by atoms with van der Waals surface area (Å²) in [7, 11) is 0. The topological polar surface area (TPSA) is 54.5 Å². The van der Waals surface area contributed by atoms with Crippen LogP contribution in [-0.2, 0) is 13.0 Å². The smallest absolute Gasteiger partial charge is 0.253 e. The molecule has 5 heteroatoms. The maximum Gasteiger partial charge on any atom is 0.253 e. The van der Waals surface area contributed by atoms with Gasteiger partial charge in [-0.05, 0) is 61.7 Å². The zero-order chi connectivity index (χ0) is 19.8. The molecule has 29 heavy (non-hydrogen) atoms. The molecule has 1 aromatic heterocycles. The minimum Gasteiger partial charge on any atom is -0.366 e. The summed E-state index contributed by atoms with van der Waals surface area (Å²) in [5.74, 6) is 0.152. The lowest BCUT2D eigenvalue weighted by molar-refractivity contribution is 0.0756. The monoisotopic (exact) mass is 388 g/mol. The summed E-state index contributed by atoms with van der Waals surface area (Å²) < 4.78 is 2.22. The zero-order valence-corrected chi connectivity index (χ0v) is 16.8. The molecule has 2 aliphatic rings. The van der Waals surface area contributed by atoms with Crippen molar-refractivity contribution in [2.75, 3.05) is 31.1 Å². The molecule has 0 radical (unpaired) electrons. The van der Waals surface area contributed by atoms with Crippen molar-refractivity contribution in [1.29, 1.82) is 0 Å². The molecule has 5 rings (SSSR count). The van der Waals surface area contributed by atoms with Crippen LogP contribution in [0.5, 0.6) is 0 Å². The molecule has 2 aromatic carbocycles. The van der Waals surface area contributed by atoms with Crippen molar-refractivity contribution >= 4 is 22.5 Å². The molecule has 1 amide bonds. The fraction of sp³-hybridized carbons (Fsp3) is 0.375. The summed E-state index contributed by atoms with van der Waals surface area (Å²) in [6, 6.07) is 17.3. The average molecular weight is 389 g/mol. The second-order valence-electron chi connectivity index (χ2n) is 8.21. The Balaban J connectivity index is 1.35. The molecule has 0 bridgehead atoms. The van der Waals surface area contributed by atoms with Gasteiger partial charge < -0.3 is 20.1 Å². The van der Waals surface area contributed by atoms with E-state index < -0.39 is 0 Å². The van der Waals surface area contributed by atoms with Gasteiger partial charge in [0, 0.05) is 54.5 Å². The van der Waals surface area contributed by atoms with Gasteiger partial charge in [-0.25, -0.2) is 0 Å². The molecule has 150 valence electrons. The van der Waals surface area contributed by atoms with Gasteiger partial charge in [0.2, 0.25) is 0 Å². The van der Waals surface area contributed by atoms with Crippen LogP contribution >= 0.6 is 0 Å². The fourth-order valence-corrected chi connectivity index (χ4v) is 4.92. The number of aryl methyl sites for hydroxylation is 1. The van der Waals surface area contributed by atoms with Crippen molar-refractivity contribution in [3.8, 4) is 0 Å². The molecule has 1 atom stereocenters. The summed E-state index contributed by atoms with van der Waals surface area (Å²) >= 11 is 0. The summed E-state index contributed by atoms with van der Waals surface area (Å²) in [6.07, 6.45) is 5.09. The molecular weight excluding hydrogens is 360 g/mol. The van der Waals surface area contributed by atoms with Gasteiger partial charge >= 0.3 is 0 Å². The number of hydrogen-bond acceptors (Lipinski definition) is 3. The average Bonchev–Trinajstić information content (AvgIpc) is 3.24. The van der Waals surface area contributed by atoms with E-state index in [2.05, 4.69) is 57.0 Å². The highest BCUT2D eigenvalue weighted by molar-refractivity contribution is 5.98. The van der Waals surface area contributed by atoms with Crippen LogP contribution < -0.4 is 10.6 Å². The molecule has 2 aliphatic heterocycles. The number of anilines is 1. The van der Waals surface area contributed by atoms with Crippen molar-refractivity contribution in [2.24, 2.45) is 5.73 Å². The number of aromatic nitrogens is 1. The van der Waals surface area contributed by atoms with Crippen molar-refractivity contribution in [3.05, 3.63) is 65.9 Å². The van der Waals surface area contributed by atoms with Crippen LogP contribution in [0.1, 0.15) is 28.8 Å². The summed E-state index contributed by atoms with van der Waals surface area (Å²) in [6.45, 7) is 4.24. The SMILES string of the molecule is NCCCn1ccc2cc(C(=O)N3CCCN4c5ccccc5CC4C3)ccc21. The highest BCUT2D eigenvalue weighted by Crippen LogP contribution is 2.34. The van der Waals surface area contributed by atoms with Crippen molar-refractivity contribution in [1.82, 2.24) is 9.47 Å². The highest BCUT2D eigenvalue weighted by Gasteiger charge is 2.33. The number of para-hydroxylation sites is 1. The van der Waals surface area contributed by atoms with Gasteiger partial charge in [0.25, 0.3) is 5.91 Å². The number of nitrogens with two attached hydrogens (primary N) is 1. The number of carbonyl (C=O) groups is 1. The Hall–Kier alpha value is -2.79. The molecule has 0 aliphatic carbocycles. The maximum absolute atomic E-state index is 13.3. The van der Waals surface area contributed by atoms with Gasteiger partial charge in [-0.2, -0.15) is 0 Å². The third-order valence-corrected chi connectivity index (χ3v) is 6.36. The van der Waals surface area contributed by atoms with E-state index >= 15 is 0 Å². The van der Waals surface area contributed by atoms with E-state index in [4.69, 9.17) is 5.73 Å². The van der Waals surface area contributed by atoms with E-state index in [1.807, 2.05) is 12.1 Å². The lowest BCUT2D eigenvalue weighted by Gasteiger charge is -2.27. The first-order valence-corrected chi connectivity index (χ1v) is 10.7. The van der Waals surface area contributed by atoms with Crippen LogP contribution in [0.3, 0.4) is 0 Å². The van der Waals surface area contributed by atoms with Gasteiger partial charge in [-0.1, -0.05) is 18.2 Å². The summed E-state index contributed by atoms with van der Waals surface area (Å²) in [5, 5.41) is 1.12. The Morgan fingerprint density at radius 2 is 2.00 bits per heavy atom. The van der Waals surface area contributed by atoms with E-state index in [0.29, 0.717) is 12.6 Å². The van der Waals surface area contributed by atoms with Gasteiger partial charge in [-0.15, -0.1) is 0 Å². The Kier molecular flexibility index (Phi) is 4.76. The Morgan fingerprint density at radius 3 is 2.90 bits per heavy atom. The van der Waals surface area contributed by atoms with Crippen molar-refractivity contribution in [2.45, 2.75) is 31.8 Å². The minimum absolute atomic E-state index is 0.152. The number of carbonyl (C=O) groups excluding carboxylic acids is 1. The fourth-order valence-electron chi connectivity index (χ4n) is 4.92. The van der Waals surface area contributed by atoms with E-state index in [1.54, 1.807) is 0 Å². The van der Waals surface area contributed by atoms with Crippen LogP contribution in [0.2, 0.25) is 0 Å². The predicted molar refractivity (Wildman–Crippen MR) is 117 cm³/mol. The minimum atomic E-state index is 0.152. The Bertz CT molecular complexity index is 1040. The maximum atomic E-state index is 13.3. The van der Waals surface area contributed by atoms with Crippen LogP contribution in [0, 0.1) is 0 Å². The number of benzene rings is 2. The predicted octanol–water partition coefficient (Wildman–Crippen LogP) is 3.27. The molecule has 3 heterocycles. The molecule has 0 saturated carbocycles. The quantitative estimate of drug-likeness (QED) is 0.746. The van der Waals surface area contributed by atoms with Gasteiger partial charge in [0.1, 0.15) is 0 Å². The summed E-state index contributed by atoms with van der Waals surface area (Å²) in [5.41, 5.74) is 10.4. The largest absolute Gasteiger partial charge is 0.366 e. The number of hydrogen-bond donors (Lipinski definition) is 1.